The summed E-state index contributed by atoms with van der Waals surface area (Å²) in [7, 11) is 0. The molecule has 158 valence electrons. The van der Waals surface area contributed by atoms with E-state index in [0.717, 1.165) is 68.1 Å². The van der Waals surface area contributed by atoms with Gasteiger partial charge in [-0.05, 0) is 83.1 Å². The van der Waals surface area contributed by atoms with Gasteiger partial charge in [0.15, 0.2) is 0 Å². The lowest BCUT2D eigenvalue weighted by Gasteiger charge is -2.31. The van der Waals surface area contributed by atoms with Crippen LogP contribution in [0.1, 0.15) is 30.7 Å². The summed E-state index contributed by atoms with van der Waals surface area (Å²) in [5, 5.41) is 7.62. The summed E-state index contributed by atoms with van der Waals surface area (Å²) < 4.78 is 7.54. The van der Waals surface area contributed by atoms with Gasteiger partial charge >= 0.3 is 0 Å². The summed E-state index contributed by atoms with van der Waals surface area (Å²) in [4.78, 5) is 15.2. The zero-order valence-corrected chi connectivity index (χ0v) is 17.8. The second kappa shape index (κ2) is 9.30. The van der Waals surface area contributed by atoms with Crippen molar-refractivity contribution in [2.45, 2.75) is 39.7 Å². The highest BCUT2D eigenvalue weighted by Gasteiger charge is 2.25. The third-order valence-electron chi connectivity index (χ3n) is 5.84. The third-order valence-corrected chi connectivity index (χ3v) is 5.84. The van der Waals surface area contributed by atoms with E-state index in [-0.39, 0.29) is 11.8 Å². The van der Waals surface area contributed by atoms with Gasteiger partial charge in [0, 0.05) is 29.4 Å². The van der Waals surface area contributed by atoms with Crippen LogP contribution in [0.25, 0.3) is 11.3 Å². The largest absolute Gasteiger partial charge is 0.464 e. The molecule has 1 amide bonds. The number of hydrogen-bond donors (Lipinski definition) is 1. The number of rotatable bonds is 7. The van der Waals surface area contributed by atoms with Crippen LogP contribution in [0.15, 0.2) is 53.1 Å². The molecule has 0 saturated carbocycles. The number of aryl methyl sites for hydroxylation is 3. The van der Waals surface area contributed by atoms with Gasteiger partial charge < -0.3 is 14.6 Å². The minimum absolute atomic E-state index is 0.0736. The number of aromatic nitrogens is 2. The first-order valence-electron chi connectivity index (χ1n) is 10.8. The number of furan rings is 1. The Morgan fingerprint density at radius 1 is 1.13 bits per heavy atom. The summed E-state index contributed by atoms with van der Waals surface area (Å²) in [6.45, 7) is 8.09. The van der Waals surface area contributed by atoms with E-state index in [9.17, 15) is 4.79 Å². The van der Waals surface area contributed by atoms with Crippen LogP contribution in [-0.2, 0) is 11.3 Å². The van der Waals surface area contributed by atoms with Crippen molar-refractivity contribution in [1.82, 2.24) is 14.7 Å². The number of nitrogens with one attached hydrogen (secondary N) is 1. The number of anilines is 1. The lowest BCUT2D eigenvalue weighted by atomic mass is 9.95. The maximum absolute atomic E-state index is 12.7. The van der Waals surface area contributed by atoms with Crippen molar-refractivity contribution in [2.75, 3.05) is 25.0 Å². The summed E-state index contributed by atoms with van der Waals surface area (Å²) in [5.74, 6) is 0.998. The molecule has 0 unspecified atom stereocenters. The lowest BCUT2D eigenvalue weighted by molar-refractivity contribution is -0.121. The maximum Gasteiger partial charge on any atom is 0.227 e. The van der Waals surface area contributed by atoms with Crippen molar-refractivity contribution in [3.05, 3.63) is 60.1 Å². The molecule has 1 aliphatic heterocycles. The average molecular weight is 407 g/mol. The van der Waals surface area contributed by atoms with Gasteiger partial charge in [0.25, 0.3) is 0 Å². The summed E-state index contributed by atoms with van der Waals surface area (Å²) in [6.07, 6.45) is 4.55. The number of carbonyl (C=O) groups is 1. The minimum atomic E-state index is 0.0736. The van der Waals surface area contributed by atoms with Crippen LogP contribution in [0.3, 0.4) is 0 Å². The van der Waals surface area contributed by atoms with Crippen LogP contribution >= 0.6 is 0 Å². The molecule has 2 aromatic heterocycles. The Kier molecular flexibility index (Phi) is 6.33. The first-order valence-corrected chi connectivity index (χ1v) is 10.8. The van der Waals surface area contributed by atoms with Gasteiger partial charge in [-0.25, -0.2) is 0 Å². The molecule has 0 spiro atoms. The Balaban J connectivity index is 1.23. The molecule has 30 heavy (non-hydrogen) atoms. The van der Waals surface area contributed by atoms with E-state index >= 15 is 0 Å². The first-order chi connectivity index (χ1) is 14.6. The zero-order valence-electron chi connectivity index (χ0n) is 17.8. The molecular formula is C24H30N4O2. The predicted octanol–water partition coefficient (Wildman–Crippen LogP) is 4.50. The molecule has 1 saturated heterocycles. The van der Waals surface area contributed by atoms with Crippen molar-refractivity contribution >= 4 is 11.6 Å². The molecule has 1 fully saturated rings. The summed E-state index contributed by atoms with van der Waals surface area (Å²) >= 11 is 0. The normalized spacial score (nSPS) is 15.4. The van der Waals surface area contributed by atoms with Crippen LogP contribution in [0.2, 0.25) is 0 Å². The zero-order chi connectivity index (χ0) is 20.9. The maximum atomic E-state index is 12.7. The fourth-order valence-corrected chi connectivity index (χ4v) is 4.20. The number of amides is 1. The van der Waals surface area contributed by atoms with Gasteiger partial charge in [0.2, 0.25) is 5.91 Å². The molecule has 6 nitrogen and oxygen atoms in total. The highest BCUT2D eigenvalue weighted by Crippen LogP contribution is 2.24. The van der Waals surface area contributed by atoms with Gasteiger partial charge in [0.1, 0.15) is 5.76 Å². The number of benzene rings is 1. The quantitative estimate of drug-likeness (QED) is 0.627. The second-order valence-corrected chi connectivity index (χ2v) is 8.17. The van der Waals surface area contributed by atoms with Gasteiger partial charge in [-0.2, -0.15) is 5.10 Å². The fraction of sp³-hybridized carbons (Fsp3) is 0.417. The van der Waals surface area contributed by atoms with Crippen molar-refractivity contribution in [1.29, 1.82) is 0 Å². The molecule has 3 aromatic rings. The monoisotopic (exact) mass is 406 g/mol. The second-order valence-electron chi connectivity index (χ2n) is 8.17. The average Bonchev–Trinajstić information content (AvgIpc) is 3.39. The van der Waals surface area contributed by atoms with Gasteiger partial charge in [-0.1, -0.05) is 12.1 Å². The smallest absolute Gasteiger partial charge is 0.227 e. The molecular weight excluding hydrogens is 376 g/mol. The first kappa shape index (κ1) is 20.4. The molecule has 4 rings (SSSR count). The van der Waals surface area contributed by atoms with Crippen LogP contribution in [-0.4, -0.2) is 40.2 Å². The van der Waals surface area contributed by atoms with Crippen LogP contribution < -0.4 is 5.32 Å². The van der Waals surface area contributed by atoms with Crippen LogP contribution in [0, 0.1) is 19.8 Å². The van der Waals surface area contributed by atoms with Gasteiger partial charge in [-0.3, -0.25) is 9.48 Å². The highest BCUT2D eigenvalue weighted by atomic mass is 16.3. The van der Waals surface area contributed by atoms with E-state index in [1.165, 1.54) is 5.69 Å². The molecule has 0 atom stereocenters. The number of nitrogens with zero attached hydrogens (tertiary/aromatic N) is 3. The SMILES string of the molecule is Cc1cc(C)n(CCCN2CCC(C(=O)Nc3cccc(-c4ccco4)c3)CC2)n1. The van der Waals surface area contributed by atoms with Crippen LogP contribution in [0.4, 0.5) is 5.69 Å². The van der Waals surface area contributed by atoms with E-state index < -0.39 is 0 Å². The highest BCUT2D eigenvalue weighted by molar-refractivity contribution is 5.93. The Morgan fingerprint density at radius 3 is 2.67 bits per heavy atom. The molecule has 3 heterocycles. The number of hydrogen-bond acceptors (Lipinski definition) is 4. The Morgan fingerprint density at radius 2 is 1.97 bits per heavy atom. The molecule has 1 aromatic carbocycles. The molecule has 0 radical (unpaired) electrons. The van der Waals surface area contributed by atoms with Gasteiger partial charge in [0.05, 0.1) is 12.0 Å². The molecule has 1 aliphatic rings. The van der Waals surface area contributed by atoms with E-state index in [1.54, 1.807) is 6.26 Å². The Hall–Kier alpha value is -2.86. The molecule has 0 bridgehead atoms. The van der Waals surface area contributed by atoms with E-state index in [4.69, 9.17) is 4.42 Å². The number of piperidine rings is 1. The number of likely N-dealkylation sites (tertiary alicyclic amines) is 1. The third kappa shape index (κ3) is 5.00. The number of carbonyl (C=O) groups excluding carboxylic acids is 1. The minimum Gasteiger partial charge on any atom is -0.464 e. The Bertz CT molecular complexity index is 969. The van der Waals surface area contributed by atoms with Crippen molar-refractivity contribution < 1.29 is 9.21 Å². The van der Waals surface area contributed by atoms with E-state index in [2.05, 4.69) is 33.0 Å². The predicted molar refractivity (Wildman–Crippen MR) is 118 cm³/mol. The fourth-order valence-electron chi connectivity index (χ4n) is 4.20. The Labute approximate surface area is 177 Å². The summed E-state index contributed by atoms with van der Waals surface area (Å²) in [5.41, 5.74) is 4.09. The van der Waals surface area contributed by atoms with E-state index in [0.29, 0.717) is 0 Å². The summed E-state index contributed by atoms with van der Waals surface area (Å²) in [6, 6.07) is 13.7. The van der Waals surface area contributed by atoms with Crippen molar-refractivity contribution in [3.8, 4) is 11.3 Å². The molecule has 0 aliphatic carbocycles. The van der Waals surface area contributed by atoms with Crippen LogP contribution in [0.5, 0.6) is 0 Å². The van der Waals surface area contributed by atoms with E-state index in [1.807, 2.05) is 43.3 Å². The van der Waals surface area contributed by atoms with Crippen molar-refractivity contribution in [2.24, 2.45) is 5.92 Å². The standard InChI is InChI=1S/C24H30N4O2/c1-18-16-19(2)28(26-18)12-5-11-27-13-9-20(10-14-27)24(29)25-22-7-3-6-21(17-22)23-8-4-15-30-23/h3-4,6-8,15-17,20H,5,9-14H2,1-2H3,(H,25,29). The molecule has 6 heteroatoms. The van der Waals surface area contributed by atoms with Crippen molar-refractivity contribution in [3.63, 3.8) is 0 Å². The topological polar surface area (TPSA) is 63.3 Å². The lowest BCUT2D eigenvalue weighted by Crippen LogP contribution is -2.38. The van der Waals surface area contributed by atoms with Gasteiger partial charge in [-0.15, -0.1) is 0 Å². The molecule has 1 N–H and O–H groups in total.